The molecular weight excluding hydrogens is 326 g/mol. The number of aryl methyl sites for hydroxylation is 1. The molecule has 24 heavy (non-hydrogen) atoms. The van der Waals surface area contributed by atoms with Crippen LogP contribution in [-0.2, 0) is 9.84 Å². The highest BCUT2D eigenvalue weighted by molar-refractivity contribution is 7.91. The summed E-state index contributed by atoms with van der Waals surface area (Å²) in [7, 11) is -3.28. The van der Waals surface area contributed by atoms with Gasteiger partial charge in [0.25, 0.3) is 5.91 Å². The van der Waals surface area contributed by atoms with Gasteiger partial charge < -0.3 is 10.4 Å². The van der Waals surface area contributed by atoms with Crippen LogP contribution >= 0.6 is 0 Å². The fourth-order valence-corrected chi connectivity index (χ4v) is 3.06. The van der Waals surface area contributed by atoms with Crippen LogP contribution in [0.2, 0.25) is 0 Å². The van der Waals surface area contributed by atoms with Crippen LogP contribution in [0.5, 0.6) is 0 Å². The summed E-state index contributed by atoms with van der Waals surface area (Å²) in [5.41, 5.74) is 2.17. The molecule has 0 aliphatic heterocycles. The molecule has 2 aromatic carbocycles. The zero-order chi connectivity index (χ0) is 17.7. The molecule has 0 aromatic heterocycles. The number of hydrogen-bond acceptors (Lipinski definition) is 4. The lowest BCUT2D eigenvalue weighted by atomic mass is 10.1. The zero-order valence-corrected chi connectivity index (χ0v) is 14.5. The van der Waals surface area contributed by atoms with Gasteiger partial charge in [-0.15, -0.1) is 0 Å². The van der Waals surface area contributed by atoms with E-state index >= 15 is 0 Å². The van der Waals surface area contributed by atoms with Crippen molar-refractivity contribution < 1.29 is 18.3 Å². The Morgan fingerprint density at radius 3 is 2.21 bits per heavy atom. The van der Waals surface area contributed by atoms with E-state index in [1.54, 1.807) is 6.92 Å². The van der Waals surface area contributed by atoms with Crippen molar-refractivity contribution in [2.75, 3.05) is 12.3 Å². The maximum absolute atomic E-state index is 12.1. The molecule has 1 atom stereocenters. The van der Waals surface area contributed by atoms with E-state index in [0.717, 1.165) is 11.1 Å². The summed E-state index contributed by atoms with van der Waals surface area (Å²) in [6.07, 6.45) is -0.797. The average molecular weight is 347 g/mol. The van der Waals surface area contributed by atoms with Gasteiger partial charge in [0, 0.05) is 12.1 Å². The van der Waals surface area contributed by atoms with Gasteiger partial charge in [0.2, 0.25) is 0 Å². The molecule has 2 aromatic rings. The average Bonchev–Trinajstić information content (AvgIpc) is 2.60. The smallest absolute Gasteiger partial charge is 0.251 e. The monoisotopic (exact) mass is 347 g/mol. The third-order valence-corrected chi connectivity index (χ3v) is 5.52. The van der Waals surface area contributed by atoms with E-state index in [9.17, 15) is 18.3 Å². The molecule has 6 heteroatoms. The van der Waals surface area contributed by atoms with E-state index in [2.05, 4.69) is 5.32 Å². The fraction of sp³-hybridized carbons (Fsp3) is 0.278. The van der Waals surface area contributed by atoms with Gasteiger partial charge in [-0.05, 0) is 36.8 Å². The molecule has 0 aliphatic carbocycles. The van der Waals surface area contributed by atoms with Crippen molar-refractivity contribution in [1.29, 1.82) is 0 Å². The summed E-state index contributed by atoms with van der Waals surface area (Å²) in [6, 6.07) is 13.2. The Bertz CT molecular complexity index is 796. The Balaban J connectivity index is 1.98. The maximum Gasteiger partial charge on any atom is 0.251 e. The van der Waals surface area contributed by atoms with Gasteiger partial charge in [-0.3, -0.25) is 4.79 Å². The fourth-order valence-electron chi connectivity index (χ4n) is 2.18. The highest BCUT2D eigenvalue weighted by Crippen LogP contribution is 2.14. The molecule has 2 N–H and O–H groups in total. The minimum atomic E-state index is -3.28. The number of carbonyl (C=O) groups is 1. The Hall–Kier alpha value is -2.18. The van der Waals surface area contributed by atoms with Crippen molar-refractivity contribution in [3.63, 3.8) is 0 Å². The molecule has 128 valence electrons. The van der Waals surface area contributed by atoms with Gasteiger partial charge in [0.15, 0.2) is 9.84 Å². The second kappa shape index (κ2) is 7.59. The van der Waals surface area contributed by atoms with Crippen molar-refractivity contribution >= 4 is 15.7 Å². The highest BCUT2D eigenvalue weighted by atomic mass is 32.2. The quantitative estimate of drug-likeness (QED) is 0.839. The minimum Gasteiger partial charge on any atom is -0.387 e. The van der Waals surface area contributed by atoms with E-state index in [1.807, 2.05) is 31.2 Å². The zero-order valence-electron chi connectivity index (χ0n) is 13.7. The first-order chi connectivity index (χ1) is 11.3. The Morgan fingerprint density at radius 2 is 1.67 bits per heavy atom. The van der Waals surface area contributed by atoms with Crippen LogP contribution in [0.25, 0.3) is 0 Å². The number of amides is 1. The van der Waals surface area contributed by atoms with Crippen LogP contribution in [-0.4, -0.2) is 31.7 Å². The van der Waals surface area contributed by atoms with E-state index in [-0.39, 0.29) is 23.1 Å². The van der Waals surface area contributed by atoms with Gasteiger partial charge >= 0.3 is 0 Å². The summed E-state index contributed by atoms with van der Waals surface area (Å²) in [5.74, 6) is -0.344. The second-order valence-electron chi connectivity index (χ2n) is 5.56. The van der Waals surface area contributed by atoms with Gasteiger partial charge in [0.05, 0.1) is 16.8 Å². The standard InChI is InChI=1S/C18H21NO4S/c1-3-24(22,23)16-10-8-15(9-11-16)18(21)19-12-17(20)14-6-4-13(2)5-7-14/h4-11,17,20H,3,12H2,1-2H3,(H,19,21). The largest absolute Gasteiger partial charge is 0.387 e. The van der Waals surface area contributed by atoms with E-state index in [1.165, 1.54) is 24.3 Å². The van der Waals surface area contributed by atoms with Gasteiger partial charge in [-0.2, -0.15) is 0 Å². The molecule has 0 spiro atoms. The normalized spacial score (nSPS) is 12.6. The molecule has 1 unspecified atom stereocenters. The van der Waals surface area contributed by atoms with Crippen LogP contribution in [0.3, 0.4) is 0 Å². The number of rotatable bonds is 6. The molecule has 0 fully saturated rings. The van der Waals surface area contributed by atoms with Crippen LogP contribution < -0.4 is 5.32 Å². The minimum absolute atomic E-state index is 0.0152. The second-order valence-corrected chi connectivity index (χ2v) is 7.84. The molecule has 5 nitrogen and oxygen atoms in total. The first kappa shape index (κ1) is 18.2. The van der Waals surface area contributed by atoms with Crippen LogP contribution in [0.1, 0.15) is 34.5 Å². The lowest BCUT2D eigenvalue weighted by Crippen LogP contribution is -2.28. The van der Waals surface area contributed by atoms with E-state index in [0.29, 0.717) is 5.56 Å². The predicted molar refractivity (Wildman–Crippen MR) is 92.6 cm³/mol. The Labute approximate surface area is 142 Å². The van der Waals surface area contributed by atoms with Gasteiger partial charge in [0.1, 0.15) is 0 Å². The predicted octanol–water partition coefficient (Wildman–Crippen LogP) is 2.25. The van der Waals surface area contributed by atoms with Gasteiger partial charge in [-0.25, -0.2) is 8.42 Å². The first-order valence-corrected chi connectivity index (χ1v) is 9.34. The Kier molecular flexibility index (Phi) is 5.75. The molecule has 0 aliphatic rings. The lowest BCUT2D eigenvalue weighted by Gasteiger charge is -2.13. The summed E-state index contributed by atoms with van der Waals surface area (Å²) >= 11 is 0. The number of aliphatic hydroxyl groups is 1. The van der Waals surface area contributed by atoms with Crippen molar-refractivity contribution in [2.45, 2.75) is 24.8 Å². The lowest BCUT2D eigenvalue weighted by molar-refractivity contribution is 0.0916. The van der Waals surface area contributed by atoms with Crippen molar-refractivity contribution in [1.82, 2.24) is 5.32 Å². The third kappa shape index (κ3) is 4.43. The number of benzene rings is 2. The van der Waals surface area contributed by atoms with Crippen LogP contribution in [0.4, 0.5) is 0 Å². The molecule has 0 radical (unpaired) electrons. The number of sulfone groups is 1. The molecule has 0 heterocycles. The van der Waals surface area contributed by atoms with Crippen molar-refractivity contribution in [3.8, 4) is 0 Å². The van der Waals surface area contributed by atoms with Crippen molar-refractivity contribution in [2.24, 2.45) is 0 Å². The maximum atomic E-state index is 12.1. The van der Waals surface area contributed by atoms with Gasteiger partial charge in [-0.1, -0.05) is 36.8 Å². The molecule has 0 bridgehead atoms. The summed E-state index contributed by atoms with van der Waals surface area (Å²) in [5, 5.41) is 12.7. The van der Waals surface area contributed by atoms with Crippen LogP contribution in [0.15, 0.2) is 53.4 Å². The molecule has 1 amide bonds. The SMILES string of the molecule is CCS(=O)(=O)c1ccc(C(=O)NCC(O)c2ccc(C)cc2)cc1. The summed E-state index contributed by atoms with van der Waals surface area (Å²) < 4.78 is 23.5. The summed E-state index contributed by atoms with van der Waals surface area (Å²) in [6.45, 7) is 3.61. The van der Waals surface area contributed by atoms with Crippen LogP contribution in [0, 0.1) is 6.92 Å². The highest BCUT2D eigenvalue weighted by Gasteiger charge is 2.14. The molecule has 0 saturated heterocycles. The van der Waals surface area contributed by atoms with E-state index < -0.39 is 15.9 Å². The third-order valence-electron chi connectivity index (χ3n) is 3.77. The Morgan fingerprint density at radius 1 is 1.08 bits per heavy atom. The summed E-state index contributed by atoms with van der Waals surface area (Å²) in [4.78, 5) is 12.3. The number of carbonyl (C=O) groups excluding carboxylic acids is 1. The molecule has 0 saturated carbocycles. The number of aliphatic hydroxyl groups excluding tert-OH is 1. The first-order valence-electron chi connectivity index (χ1n) is 7.69. The van der Waals surface area contributed by atoms with Crippen molar-refractivity contribution in [3.05, 3.63) is 65.2 Å². The molecule has 2 rings (SSSR count). The molecular formula is C18H21NO4S. The topological polar surface area (TPSA) is 83.5 Å². The number of hydrogen-bond donors (Lipinski definition) is 2. The number of nitrogens with one attached hydrogen (secondary N) is 1. The van der Waals surface area contributed by atoms with E-state index in [4.69, 9.17) is 0 Å².